The summed E-state index contributed by atoms with van der Waals surface area (Å²) in [4.78, 5) is 27.5. The molecule has 5 nitrogen and oxygen atoms in total. The zero-order valence-corrected chi connectivity index (χ0v) is 14.3. The third-order valence-corrected chi connectivity index (χ3v) is 4.25. The van der Waals surface area contributed by atoms with Gasteiger partial charge in [-0.3, -0.25) is 9.59 Å². The fourth-order valence-electron chi connectivity index (χ4n) is 2.68. The van der Waals surface area contributed by atoms with Crippen LogP contribution in [0.4, 0.5) is 11.4 Å². The van der Waals surface area contributed by atoms with Crippen molar-refractivity contribution in [3.8, 4) is 0 Å². The molecule has 0 bridgehead atoms. The molecule has 0 saturated heterocycles. The Kier molecular flexibility index (Phi) is 6.02. The minimum Gasteiger partial charge on any atom is -0.372 e. The van der Waals surface area contributed by atoms with Gasteiger partial charge in [-0.2, -0.15) is 0 Å². The van der Waals surface area contributed by atoms with Crippen molar-refractivity contribution in [2.75, 3.05) is 36.0 Å². The molecule has 0 heterocycles. The van der Waals surface area contributed by atoms with Gasteiger partial charge in [0.1, 0.15) is 0 Å². The molecule has 0 unspecified atom stereocenters. The quantitative estimate of drug-likeness (QED) is 0.801. The average Bonchev–Trinajstić information content (AvgIpc) is 3.38. The van der Waals surface area contributed by atoms with E-state index in [0.717, 1.165) is 37.3 Å². The molecular weight excluding hydrogens is 290 g/mol. The van der Waals surface area contributed by atoms with Crippen LogP contribution in [-0.4, -0.2) is 38.0 Å². The van der Waals surface area contributed by atoms with Crippen LogP contribution in [0.15, 0.2) is 24.3 Å². The number of carbonyl (C=O) groups excluding carboxylic acids is 2. The van der Waals surface area contributed by atoms with Gasteiger partial charge in [0, 0.05) is 50.4 Å². The second-order valence-corrected chi connectivity index (χ2v) is 5.92. The lowest BCUT2D eigenvalue weighted by molar-refractivity contribution is -0.122. The lowest BCUT2D eigenvalue weighted by atomic mass is 10.2. The SMILES string of the molecule is CCN(CC)c1ccc(N(CCNC(=O)C2CC2)C(C)=O)cc1. The number of amides is 2. The molecule has 1 N–H and O–H groups in total. The van der Waals surface area contributed by atoms with Crippen molar-refractivity contribution in [1.82, 2.24) is 5.32 Å². The highest BCUT2D eigenvalue weighted by Gasteiger charge is 2.29. The van der Waals surface area contributed by atoms with E-state index in [-0.39, 0.29) is 17.7 Å². The van der Waals surface area contributed by atoms with E-state index >= 15 is 0 Å². The van der Waals surface area contributed by atoms with E-state index < -0.39 is 0 Å². The van der Waals surface area contributed by atoms with Gasteiger partial charge in [0.25, 0.3) is 0 Å². The van der Waals surface area contributed by atoms with Gasteiger partial charge < -0.3 is 15.1 Å². The molecule has 2 amide bonds. The smallest absolute Gasteiger partial charge is 0.223 e. The van der Waals surface area contributed by atoms with Gasteiger partial charge in [0.05, 0.1) is 0 Å². The molecule has 0 radical (unpaired) electrons. The molecule has 0 aliphatic heterocycles. The Morgan fingerprint density at radius 3 is 2.13 bits per heavy atom. The van der Waals surface area contributed by atoms with E-state index in [9.17, 15) is 9.59 Å². The Balaban J connectivity index is 1.96. The summed E-state index contributed by atoms with van der Waals surface area (Å²) in [7, 11) is 0. The van der Waals surface area contributed by atoms with E-state index in [1.165, 1.54) is 0 Å². The van der Waals surface area contributed by atoms with E-state index in [2.05, 4.69) is 24.1 Å². The number of carbonyl (C=O) groups is 2. The summed E-state index contributed by atoms with van der Waals surface area (Å²) in [5.74, 6) is 0.306. The third kappa shape index (κ3) is 4.71. The van der Waals surface area contributed by atoms with Gasteiger partial charge in [0.15, 0.2) is 0 Å². The first-order valence-corrected chi connectivity index (χ1v) is 8.47. The van der Waals surface area contributed by atoms with Gasteiger partial charge in [-0.15, -0.1) is 0 Å². The third-order valence-electron chi connectivity index (χ3n) is 4.25. The van der Waals surface area contributed by atoms with Crippen molar-refractivity contribution in [2.24, 2.45) is 5.92 Å². The molecule has 5 heteroatoms. The van der Waals surface area contributed by atoms with Crippen LogP contribution in [0.1, 0.15) is 33.6 Å². The van der Waals surface area contributed by atoms with E-state index in [0.29, 0.717) is 13.1 Å². The molecule has 1 aromatic carbocycles. The van der Waals surface area contributed by atoms with Crippen LogP contribution in [0.5, 0.6) is 0 Å². The first kappa shape index (κ1) is 17.3. The molecule has 1 aliphatic carbocycles. The fourth-order valence-corrected chi connectivity index (χ4v) is 2.68. The van der Waals surface area contributed by atoms with Crippen molar-refractivity contribution in [2.45, 2.75) is 33.6 Å². The Labute approximate surface area is 138 Å². The summed E-state index contributed by atoms with van der Waals surface area (Å²) in [6.07, 6.45) is 1.99. The Bertz CT molecular complexity index is 534. The second-order valence-electron chi connectivity index (χ2n) is 5.92. The van der Waals surface area contributed by atoms with Crippen LogP contribution >= 0.6 is 0 Å². The summed E-state index contributed by atoms with van der Waals surface area (Å²) in [6.45, 7) is 8.72. The van der Waals surface area contributed by atoms with Crippen molar-refractivity contribution in [3.63, 3.8) is 0 Å². The maximum atomic E-state index is 11.9. The summed E-state index contributed by atoms with van der Waals surface area (Å²) in [5, 5.41) is 2.91. The van der Waals surface area contributed by atoms with Gasteiger partial charge in [-0.05, 0) is 51.0 Å². The van der Waals surface area contributed by atoms with Crippen LogP contribution in [0, 0.1) is 5.92 Å². The predicted molar refractivity (Wildman–Crippen MR) is 93.8 cm³/mol. The van der Waals surface area contributed by atoms with Crippen LogP contribution in [0.3, 0.4) is 0 Å². The minimum atomic E-state index is -0.0127. The van der Waals surface area contributed by atoms with Crippen LogP contribution < -0.4 is 15.1 Å². The number of nitrogens with one attached hydrogen (secondary N) is 1. The molecule has 2 rings (SSSR count). The second kappa shape index (κ2) is 7.99. The van der Waals surface area contributed by atoms with Gasteiger partial charge in [-0.1, -0.05) is 0 Å². The highest BCUT2D eigenvalue weighted by molar-refractivity contribution is 5.91. The number of rotatable bonds is 8. The minimum absolute atomic E-state index is 0.0127. The normalized spacial score (nSPS) is 13.5. The lowest BCUT2D eigenvalue weighted by Crippen LogP contribution is -2.38. The highest BCUT2D eigenvalue weighted by atomic mass is 16.2. The zero-order valence-electron chi connectivity index (χ0n) is 14.3. The van der Waals surface area contributed by atoms with Crippen molar-refractivity contribution in [3.05, 3.63) is 24.3 Å². The molecule has 126 valence electrons. The van der Waals surface area contributed by atoms with Crippen molar-refractivity contribution >= 4 is 23.2 Å². The number of hydrogen-bond donors (Lipinski definition) is 1. The number of nitrogens with zero attached hydrogens (tertiary/aromatic N) is 2. The lowest BCUT2D eigenvalue weighted by Gasteiger charge is -2.24. The molecule has 0 atom stereocenters. The Morgan fingerprint density at radius 2 is 1.65 bits per heavy atom. The first-order valence-electron chi connectivity index (χ1n) is 8.47. The summed E-state index contributed by atoms with van der Waals surface area (Å²) < 4.78 is 0. The van der Waals surface area contributed by atoms with Crippen molar-refractivity contribution in [1.29, 1.82) is 0 Å². The van der Waals surface area contributed by atoms with E-state index in [4.69, 9.17) is 0 Å². The molecule has 1 fully saturated rings. The number of anilines is 2. The number of benzene rings is 1. The molecule has 1 saturated carbocycles. The zero-order chi connectivity index (χ0) is 16.8. The average molecular weight is 317 g/mol. The van der Waals surface area contributed by atoms with Crippen LogP contribution in [0.2, 0.25) is 0 Å². The van der Waals surface area contributed by atoms with E-state index in [1.807, 2.05) is 24.3 Å². The first-order chi connectivity index (χ1) is 11.1. The highest BCUT2D eigenvalue weighted by Crippen LogP contribution is 2.28. The summed E-state index contributed by atoms with van der Waals surface area (Å²) in [6, 6.07) is 8.03. The van der Waals surface area contributed by atoms with Crippen LogP contribution in [-0.2, 0) is 9.59 Å². The molecule has 1 aromatic rings. The maximum absolute atomic E-state index is 11.9. The molecule has 0 aromatic heterocycles. The topological polar surface area (TPSA) is 52.6 Å². The fraction of sp³-hybridized carbons (Fsp3) is 0.556. The van der Waals surface area contributed by atoms with E-state index in [1.54, 1.807) is 11.8 Å². The number of hydrogen-bond acceptors (Lipinski definition) is 3. The molecule has 0 spiro atoms. The standard InChI is InChI=1S/C18H27N3O2/c1-4-20(5-2)16-8-10-17(11-9-16)21(14(3)22)13-12-19-18(23)15-6-7-15/h8-11,15H,4-7,12-13H2,1-3H3,(H,19,23). The van der Waals surface area contributed by atoms with Crippen LogP contribution in [0.25, 0.3) is 0 Å². The Hall–Kier alpha value is -2.04. The summed E-state index contributed by atoms with van der Waals surface area (Å²) in [5.41, 5.74) is 2.03. The predicted octanol–water partition coefficient (Wildman–Crippen LogP) is 2.41. The largest absolute Gasteiger partial charge is 0.372 e. The summed E-state index contributed by atoms with van der Waals surface area (Å²) >= 11 is 0. The van der Waals surface area contributed by atoms with Gasteiger partial charge in [-0.25, -0.2) is 0 Å². The Morgan fingerprint density at radius 1 is 1.09 bits per heavy atom. The van der Waals surface area contributed by atoms with Crippen molar-refractivity contribution < 1.29 is 9.59 Å². The maximum Gasteiger partial charge on any atom is 0.223 e. The molecular formula is C18H27N3O2. The molecule has 1 aliphatic rings. The van der Waals surface area contributed by atoms with Gasteiger partial charge >= 0.3 is 0 Å². The van der Waals surface area contributed by atoms with Gasteiger partial charge in [0.2, 0.25) is 11.8 Å². The molecule has 23 heavy (non-hydrogen) atoms. The monoisotopic (exact) mass is 317 g/mol.